The Balaban J connectivity index is 2.68. The maximum Gasteiger partial charge on any atom is 0.0944 e. The van der Waals surface area contributed by atoms with Crippen molar-refractivity contribution in [2.24, 2.45) is 0 Å². The molecule has 0 atom stereocenters. The van der Waals surface area contributed by atoms with E-state index in [1.54, 1.807) is 0 Å². The normalized spacial score (nSPS) is 11.7. The minimum atomic E-state index is 0.520. The molecule has 0 bridgehead atoms. The van der Waals surface area contributed by atoms with E-state index in [9.17, 15) is 0 Å². The topological polar surface area (TPSA) is 28.2 Å². The van der Waals surface area contributed by atoms with Gasteiger partial charge < -0.3 is 10.2 Å². The van der Waals surface area contributed by atoms with Gasteiger partial charge in [-0.2, -0.15) is 0 Å². The Morgan fingerprint density at radius 2 is 1.89 bits per heavy atom. The van der Waals surface area contributed by atoms with Crippen molar-refractivity contribution < 1.29 is 0 Å². The molecule has 4 heteroatoms. The molecule has 1 aromatic rings. The first-order chi connectivity index (χ1) is 9.12. The lowest BCUT2D eigenvalue weighted by atomic mass is 10.1. The molecule has 0 radical (unpaired) electrons. The largest absolute Gasteiger partial charge is 0.312 e. The van der Waals surface area contributed by atoms with Gasteiger partial charge in [0.1, 0.15) is 0 Å². The Morgan fingerprint density at radius 1 is 1.21 bits per heavy atom. The molecule has 0 unspecified atom stereocenters. The first-order valence-corrected chi connectivity index (χ1v) is 8.35. The molecule has 1 heterocycles. The summed E-state index contributed by atoms with van der Waals surface area (Å²) >= 11 is 1.89. The van der Waals surface area contributed by atoms with Gasteiger partial charge in [0.25, 0.3) is 0 Å². The zero-order valence-corrected chi connectivity index (χ0v) is 13.9. The maximum atomic E-state index is 4.86. The second kappa shape index (κ2) is 8.67. The summed E-state index contributed by atoms with van der Waals surface area (Å²) in [7, 11) is 0. The summed E-state index contributed by atoms with van der Waals surface area (Å²) in [5, 5.41) is 4.72. The Hall–Kier alpha value is -0.450. The second-order valence-corrected chi connectivity index (χ2v) is 6.30. The molecule has 0 saturated heterocycles. The molecule has 0 aliphatic heterocycles. The van der Waals surface area contributed by atoms with E-state index < -0.39 is 0 Å². The van der Waals surface area contributed by atoms with Crippen LogP contribution < -0.4 is 5.32 Å². The van der Waals surface area contributed by atoms with Crippen LogP contribution in [0.15, 0.2) is 0 Å². The molecule has 110 valence electrons. The van der Waals surface area contributed by atoms with Gasteiger partial charge in [-0.15, -0.1) is 11.3 Å². The van der Waals surface area contributed by atoms with Gasteiger partial charge in [0, 0.05) is 24.4 Å². The predicted molar refractivity (Wildman–Crippen MR) is 85.1 cm³/mol. The lowest BCUT2D eigenvalue weighted by molar-refractivity contribution is 0.308. The lowest BCUT2D eigenvalue weighted by Gasteiger charge is -2.16. The maximum absolute atomic E-state index is 4.86. The predicted octanol–water partition coefficient (Wildman–Crippen LogP) is 3.26. The molecule has 0 amide bonds. The molecule has 3 nitrogen and oxygen atoms in total. The van der Waals surface area contributed by atoms with Crippen LogP contribution in [0.25, 0.3) is 0 Å². The average molecular weight is 283 g/mol. The summed E-state index contributed by atoms with van der Waals surface area (Å²) in [4.78, 5) is 8.74. The molecule has 0 saturated carbocycles. The number of nitrogens with zero attached hydrogens (tertiary/aromatic N) is 2. The van der Waals surface area contributed by atoms with E-state index in [2.05, 4.69) is 44.8 Å². The zero-order valence-electron chi connectivity index (χ0n) is 13.1. The Kier molecular flexibility index (Phi) is 7.57. The average Bonchev–Trinajstić information content (AvgIpc) is 2.81. The summed E-state index contributed by atoms with van der Waals surface area (Å²) in [6.45, 7) is 16.4. The van der Waals surface area contributed by atoms with Crippen molar-refractivity contribution in [3.8, 4) is 0 Å². The van der Waals surface area contributed by atoms with Crippen LogP contribution in [0, 0.1) is 0 Å². The highest BCUT2D eigenvalue weighted by atomic mass is 32.1. The standard InChI is InChI=1S/C15H29N3S/c1-6-16-11-13-15(12(4)5)17-14(19-13)9-10-18(7-2)8-3/h12,16H,6-11H2,1-5H3. The van der Waals surface area contributed by atoms with Gasteiger partial charge in [0.2, 0.25) is 0 Å². The number of hydrogen-bond acceptors (Lipinski definition) is 4. The summed E-state index contributed by atoms with van der Waals surface area (Å²) in [6.07, 6.45) is 1.08. The molecule has 0 aliphatic carbocycles. The highest BCUT2D eigenvalue weighted by molar-refractivity contribution is 7.11. The van der Waals surface area contributed by atoms with Gasteiger partial charge in [0.15, 0.2) is 0 Å². The number of nitrogens with one attached hydrogen (secondary N) is 1. The summed E-state index contributed by atoms with van der Waals surface area (Å²) in [6, 6.07) is 0. The molecule has 1 N–H and O–H groups in total. The van der Waals surface area contributed by atoms with Crippen LogP contribution >= 0.6 is 11.3 Å². The number of thiazole rings is 1. The molecule has 0 spiro atoms. The van der Waals surface area contributed by atoms with E-state index >= 15 is 0 Å². The van der Waals surface area contributed by atoms with Crippen LogP contribution in [0.5, 0.6) is 0 Å². The number of aromatic nitrogens is 1. The Labute approximate surface area is 122 Å². The first-order valence-electron chi connectivity index (χ1n) is 7.53. The Bertz CT molecular complexity index is 356. The number of likely N-dealkylation sites (N-methyl/N-ethyl adjacent to an activating group) is 1. The minimum Gasteiger partial charge on any atom is -0.312 e. The molecule has 0 aromatic carbocycles. The fraction of sp³-hybridized carbons (Fsp3) is 0.800. The van der Waals surface area contributed by atoms with Crippen molar-refractivity contribution in [2.75, 3.05) is 26.2 Å². The summed E-state index contributed by atoms with van der Waals surface area (Å²) < 4.78 is 0. The SMILES string of the molecule is CCNCc1sc(CCN(CC)CC)nc1C(C)C. The molecule has 0 fully saturated rings. The third-order valence-corrected chi connectivity index (χ3v) is 4.52. The molecule has 0 aliphatic rings. The smallest absolute Gasteiger partial charge is 0.0944 e. The van der Waals surface area contributed by atoms with Gasteiger partial charge in [-0.1, -0.05) is 34.6 Å². The second-order valence-electron chi connectivity index (χ2n) is 5.13. The van der Waals surface area contributed by atoms with Crippen molar-refractivity contribution in [3.05, 3.63) is 15.6 Å². The van der Waals surface area contributed by atoms with Crippen LogP contribution in [0.3, 0.4) is 0 Å². The fourth-order valence-corrected chi connectivity index (χ4v) is 3.31. The quantitative estimate of drug-likeness (QED) is 0.754. The molecule has 1 aromatic heterocycles. The lowest BCUT2D eigenvalue weighted by Crippen LogP contribution is -2.25. The van der Waals surface area contributed by atoms with Gasteiger partial charge in [-0.05, 0) is 25.6 Å². The van der Waals surface area contributed by atoms with Crippen molar-refractivity contribution in [1.82, 2.24) is 15.2 Å². The van der Waals surface area contributed by atoms with E-state index in [1.165, 1.54) is 15.6 Å². The Morgan fingerprint density at radius 3 is 2.42 bits per heavy atom. The van der Waals surface area contributed by atoms with E-state index in [-0.39, 0.29) is 0 Å². The zero-order chi connectivity index (χ0) is 14.3. The van der Waals surface area contributed by atoms with E-state index in [0.717, 1.165) is 39.1 Å². The van der Waals surface area contributed by atoms with Crippen LogP contribution in [-0.2, 0) is 13.0 Å². The molecular weight excluding hydrogens is 254 g/mol. The van der Waals surface area contributed by atoms with Gasteiger partial charge in [0.05, 0.1) is 10.7 Å². The van der Waals surface area contributed by atoms with Gasteiger partial charge in [-0.3, -0.25) is 0 Å². The van der Waals surface area contributed by atoms with Crippen LogP contribution in [0.4, 0.5) is 0 Å². The van der Waals surface area contributed by atoms with Crippen molar-refractivity contribution in [2.45, 2.75) is 53.5 Å². The van der Waals surface area contributed by atoms with E-state index in [1.807, 2.05) is 11.3 Å². The molecular formula is C15H29N3S. The van der Waals surface area contributed by atoms with Gasteiger partial charge >= 0.3 is 0 Å². The number of rotatable bonds is 9. The van der Waals surface area contributed by atoms with Crippen molar-refractivity contribution in [1.29, 1.82) is 0 Å². The summed E-state index contributed by atoms with van der Waals surface area (Å²) in [5.41, 5.74) is 1.29. The fourth-order valence-electron chi connectivity index (χ4n) is 2.13. The van der Waals surface area contributed by atoms with Crippen LogP contribution in [0.1, 0.15) is 56.1 Å². The van der Waals surface area contributed by atoms with Gasteiger partial charge in [-0.25, -0.2) is 4.98 Å². The third kappa shape index (κ3) is 5.21. The van der Waals surface area contributed by atoms with E-state index in [4.69, 9.17) is 4.98 Å². The minimum absolute atomic E-state index is 0.520. The van der Waals surface area contributed by atoms with E-state index in [0.29, 0.717) is 5.92 Å². The highest BCUT2D eigenvalue weighted by Crippen LogP contribution is 2.25. The van der Waals surface area contributed by atoms with Crippen LogP contribution in [0.2, 0.25) is 0 Å². The van der Waals surface area contributed by atoms with Crippen LogP contribution in [-0.4, -0.2) is 36.1 Å². The molecule has 1 rings (SSSR count). The first kappa shape index (κ1) is 16.6. The van der Waals surface area contributed by atoms with Crippen molar-refractivity contribution in [3.63, 3.8) is 0 Å². The third-order valence-electron chi connectivity index (χ3n) is 3.39. The number of hydrogen-bond donors (Lipinski definition) is 1. The van der Waals surface area contributed by atoms with Crippen molar-refractivity contribution >= 4 is 11.3 Å². The molecule has 19 heavy (non-hydrogen) atoms. The summed E-state index contributed by atoms with van der Waals surface area (Å²) in [5.74, 6) is 0.520. The highest BCUT2D eigenvalue weighted by Gasteiger charge is 2.14. The monoisotopic (exact) mass is 283 g/mol.